The summed E-state index contributed by atoms with van der Waals surface area (Å²) in [6.07, 6.45) is 5.74. The first-order valence-corrected chi connectivity index (χ1v) is 15.0. The second-order valence-corrected chi connectivity index (χ2v) is 10.7. The average molecular weight is 619 g/mol. The van der Waals surface area contributed by atoms with Gasteiger partial charge in [-0.25, -0.2) is 4.79 Å². The second kappa shape index (κ2) is 15.8. The van der Waals surface area contributed by atoms with E-state index in [9.17, 15) is 14.4 Å². The molecule has 1 fully saturated rings. The monoisotopic (exact) mass is 618 g/mol. The maximum atomic E-state index is 13.1. The molecule has 3 N–H and O–H groups in total. The van der Waals surface area contributed by atoms with Gasteiger partial charge < -0.3 is 39.8 Å². The third-order valence-corrected chi connectivity index (χ3v) is 7.43. The van der Waals surface area contributed by atoms with Gasteiger partial charge in [-0.3, -0.25) is 19.6 Å². The minimum atomic E-state index is -0.448. The number of likely N-dealkylation sites (tertiary alicyclic amines) is 1. The fourth-order valence-electron chi connectivity index (χ4n) is 5.13. The Balaban J connectivity index is 1.32. The van der Waals surface area contributed by atoms with E-state index in [1.165, 1.54) is 0 Å². The summed E-state index contributed by atoms with van der Waals surface area (Å²) in [4.78, 5) is 49.0. The Hall–Kier alpha value is -4.75. The molecule has 4 bridgehead atoms. The summed E-state index contributed by atoms with van der Waals surface area (Å²) in [6, 6.07) is 11.7. The lowest BCUT2D eigenvalue weighted by Gasteiger charge is -2.38. The number of ether oxygens (including phenoxy) is 4. The normalized spacial score (nSPS) is 19.0. The Morgan fingerprint density at radius 2 is 1.96 bits per heavy atom. The van der Waals surface area contributed by atoms with Gasteiger partial charge in [-0.1, -0.05) is 12.1 Å². The number of carbonyl (C=O) groups excluding carboxylic acids is 3. The van der Waals surface area contributed by atoms with Crippen LogP contribution in [-0.4, -0.2) is 91.4 Å². The van der Waals surface area contributed by atoms with Crippen LogP contribution in [0.15, 0.2) is 61.1 Å². The maximum Gasteiger partial charge on any atom is 0.315 e. The van der Waals surface area contributed by atoms with Gasteiger partial charge in [0.1, 0.15) is 23.9 Å². The molecule has 0 radical (unpaired) electrons. The Morgan fingerprint density at radius 3 is 2.80 bits per heavy atom. The van der Waals surface area contributed by atoms with Gasteiger partial charge in [-0.05, 0) is 42.7 Å². The maximum absolute atomic E-state index is 13.1. The molecule has 3 aromatic rings. The summed E-state index contributed by atoms with van der Waals surface area (Å²) < 4.78 is 23.3. The van der Waals surface area contributed by atoms with Gasteiger partial charge in [0.25, 0.3) is 5.91 Å². The minimum absolute atomic E-state index is 0.00875. The van der Waals surface area contributed by atoms with E-state index in [1.807, 2.05) is 24.3 Å². The molecule has 2 atom stereocenters. The zero-order valence-corrected chi connectivity index (χ0v) is 25.2. The van der Waals surface area contributed by atoms with Crippen molar-refractivity contribution in [1.82, 2.24) is 30.8 Å². The fraction of sp³-hybridized carbons (Fsp3) is 0.406. The molecule has 5 rings (SSSR count). The highest BCUT2D eigenvalue weighted by molar-refractivity contribution is 5.95. The van der Waals surface area contributed by atoms with Crippen LogP contribution in [0.25, 0.3) is 0 Å². The fourth-order valence-corrected chi connectivity index (χ4v) is 5.13. The Labute approximate surface area is 261 Å². The van der Waals surface area contributed by atoms with E-state index in [2.05, 4.69) is 25.9 Å². The van der Waals surface area contributed by atoms with Gasteiger partial charge >= 0.3 is 6.03 Å². The van der Waals surface area contributed by atoms with Crippen molar-refractivity contribution in [1.29, 1.82) is 0 Å². The average Bonchev–Trinajstić information content (AvgIpc) is 3.05. The van der Waals surface area contributed by atoms with E-state index in [0.717, 1.165) is 11.3 Å². The number of methoxy groups -OCH3 is 1. The number of fused-ring (bicyclic) bond motifs is 5. The largest absolute Gasteiger partial charge is 0.491 e. The van der Waals surface area contributed by atoms with E-state index in [0.29, 0.717) is 68.4 Å². The number of carbonyl (C=O) groups is 3. The first-order valence-electron chi connectivity index (χ1n) is 15.0. The highest BCUT2D eigenvalue weighted by Crippen LogP contribution is 2.29. The van der Waals surface area contributed by atoms with Gasteiger partial charge in [-0.15, -0.1) is 0 Å². The SMILES string of the molecule is COCCOc1cc2cc(c1)C(=O)NCCNC(=O)N[C@H]1CCN(C(=O)CCc3cnccn3)C[C@@H]1OCc1cccc(c1)O2. The molecule has 2 aliphatic rings. The number of hydrogen-bond donors (Lipinski definition) is 3. The molecule has 1 saturated heterocycles. The van der Waals surface area contributed by atoms with Crippen LogP contribution in [0.5, 0.6) is 17.2 Å². The number of rotatable bonds is 7. The third-order valence-electron chi connectivity index (χ3n) is 7.43. The van der Waals surface area contributed by atoms with E-state index in [1.54, 1.807) is 48.8 Å². The molecular weight excluding hydrogens is 580 g/mol. The molecule has 4 amide bonds. The lowest BCUT2D eigenvalue weighted by molar-refractivity contribution is -0.136. The summed E-state index contributed by atoms with van der Waals surface area (Å²) in [7, 11) is 1.58. The summed E-state index contributed by atoms with van der Waals surface area (Å²) in [5.74, 6) is 1.09. The van der Waals surface area contributed by atoms with Crippen molar-refractivity contribution in [2.75, 3.05) is 46.5 Å². The quantitative estimate of drug-likeness (QED) is 0.339. The zero-order valence-electron chi connectivity index (χ0n) is 25.2. The smallest absolute Gasteiger partial charge is 0.315 e. The summed E-state index contributed by atoms with van der Waals surface area (Å²) in [5, 5.41) is 8.61. The van der Waals surface area contributed by atoms with Crippen LogP contribution in [0, 0.1) is 0 Å². The minimum Gasteiger partial charge on any atom is -0.491 e. The molecule has 13 heteroatoms. The predicted octanol–water partition coefficient (Wildman–Crippen LogP) is 2.46. The summed E-state index contributed by atoms with van der Waals surface area (Å²) >= 11 is 0. The lowest BCUT2D eigenvalue weighted by Crippen LogP contribution is -2.58. The van der Waals surface area contributed by atoms with Gasteiger partial charge in [-0.2, -0.15) is 0 Å². The van der Waals surface area contributed by atoms with Gasteiger partial charge in [0.15, 0.2) is 0 Å². The Kier molecular flexibility index (Phi) is 11.1. The van der Waals surface area contributed by atoms with E-state index in [-0.39, 0.29) is 43.6 Å². The lowest BCUT2D eigenvalue weighted by atomic mass is 10.0. The van der Waals surface area contributed by atoms with Crippen molar-refractivity contribution in [3.63, 3.8) is 0 Å². The molecule has 2 aromatic carbocycles. The number of piperidine rings is 1. The predicted molar refractivity (Wildman–Crippen MR) is 163 cm³/mol. The molecular formula is C32H38N6O7. The summed E-state index contributed by atoms with van der Waals surface area (Å²) in [6.45, 7) is 2.15. The number of aromatic nitrogens is 2. The van der Waals surface area contributed by atoms with Crippen LogP contribution in [0.2, 0.25) is 0 Å². The first-order chi connectivity index (χ1) is 22.0. The molecule has 1 aromatic heterocycles. The number of urea groups is 1. The summed E-state index contributed by atoms with van der Waals surface area (Å²) in [5.41, 5.74) is 1.95. The van der Waals surface area contributed by atoms with Crippen LogP contribution < -0.4 is 25.4 Å². The van der Waals surface area contributed by atoms with Gasteiger partial charge in [0, 0.05) is 69.9 Å². The highest BCUT2D eigenvalue weighted by atomic mass is 16.5. The molecule has 0 saturated carbocycles. The topological polar surface area (TPSA) is 153 Å². The van der Waals surface area contributed by atoms with Gasteiger partial charge in [0.2, 0.25) is 5.91 Å². The number of amides is 4. The van der Waals surface area contributed by atoms with Crippen molar-refractivity contribution >= 4 is 17.8 Å². The molecule has 2 aliphatic heterocycles. The van der Waals surface area contributed by atoms with E-state index < -0.39 is 6.10 Å². The van der Waals surface area contributed by atoms with Crippen molar-refractivity contribution < 1.29 is 33.3 Å². The van der Waals surface area contributed by atoms with Crippen LogP contribution >= 0.6 is 0 Å². The third kappa shape index (κ3) is 9.37. The molecule has 13 nitrogen and oxygen atoms in total. The number of benzene rings is 2. The number of nitrogens with one attached hydrogen (secondary N) is 3. The Morgan fingerprint density at radius 1 is 1.07 bits per heavy atom. The van der Waals surface area contributed by atoms with Crippen molar-refractivity contribution in [2.45, 2.75) is 38.0 Å². The molecule has 45 heavy (non-hydrogen) atoms. The number of hydrogen-bond acceptors (Lipinski definition) is 9. The van der Waals surface area contributed by atoms with E-state index in [4.69, 9.17) is 18.9 Å². The standard InChI is InChI=1S/C32H38N6O7/c1-42-13-14-43-26-16-23-17-27(18-26)45-25-4-2-3-22(15-25)21-44-29-20-38(30(39)6-5-24-19-33-8-9-34-24)12-7-28(29)37-32(41)36-11-10-35-31(23)40/h2-4,8-9,15-19,28-29H,5-7,10-14,20-21H2,1H3,(H,35,40)(H2,36,37,41)/t28-,29-/m0/s1. The van der Waals surface area contributed by atoms with Gasteiger partial charge in [0.05, 0.1) is 31.1 Å². The second-order valence-electron chi connectivity index (χ2n) is 10.7. The van der Waals surface area contributed by atoms with Crippen LogP contribution in [0.4, 0.5) is 4.79 Å². The Bertz CT molecular complexity index is 1460. The molecule has 0 unspecified atom stereocenters. The molecule has 238 valence electrons. The molecule has 0 aliphatic carbocycles. The van der Waals surface area contributed by atoms with Crippen LogP contribution in [-0.2, 0) is 27.3 Å². The highest BCUT2D eigenvalue weighted by Gasteiger charge is 2.33. The molecule has 0 spiro atoms. The van der Waals surface area contributed by atoms with Crippen molar-refractivity contribution in [3.8, 4) is 17.2 Å². The number of nitrogens with zero attached hydrogens (tertiary/aromatic N) is 3. The van der Waals surface area contributed by atoms with Crippen molar-refractivity contribution in [2.24, 2.45) is 0 Å². The number of aryl methyl sites for hydroxylation is 1. The van der Waals surface area contributed by atoms with Crippen LogP contribution in [0.1, 0.15) is 34.5 Å². The van der Waals surface area contributed by atoms with E-state index >= 15 is 0 Å². The molecule has 3 heterocycles. The van der Waals surface area contributed by atoms with Crippen LogP contribution in [0.3, 0.4) is 0 Å². The van der Waals surface area contributed by atoms with Crippen molar-refractivity contribution in [3.05, 3.63) is 77.9 Å². The first kappa shape index (κ1) is 31.7. The zero-order chi connectivity index (χ0) is 31.4.